The lowest BCUT2D eigenvalue weighted by Crippen LogP contribution is -2.41. The summed E-state index contributed by atoms with van der Waals surface area (Å²) in [4.78, 5) is 2.43. The van der Waals surface area contributed by atoms with Crippen LogP contribution in [0.25, 0.3) is 6.08 Å². The van der Waals surface area contributed by atoms with E-state index in [1.165, 1.54) is 5.56 Å². The quantitative estimate of drug-likeness (QED) is 0.794. The summed E-state index contributed by atoms with van der Waals surface area (Å²) < 4.78 is 17.4. The molecule has 2 fully saturated rings. The molecular weight excluding hydrogens is 301 g/mol. The summed E-state index contributed by atoms with van der Waals surface area (Å²) in [5.74, 6) is 1.99. The van der Waals surface area contributed by atoms with E-state index in [9.17, 15) is 0 Å². The van der Waals surface area contributed by atoms with Crippen LogP contribution in [-0.2, 0) is 20.6 Å². The number of benzene rings is 1. The molecule has 1 aromatic carbocycles. The molecule has 1 aromatic rings. The van der Waals surface area contributed by atoms with Crippen molar-refractivity contribution in [1.29, 1.82) is 0 Å². The third-order valence-corrected chi connectivity index (χ3v) is 5.21. The second kappa shape index (κ2) is 7.00. The van der Waals surface area contributed by atoms with E-state index in [0.29, 0.717) is 0 Å². The zero-order chi connectivity index (χ0) is 17.2. The molecule has 3 rings (SSSR count). The summed E-state index contributed by atoms with van der Waals surface area (Å²) in [6, 6.07) is 8.69. The molecule has 130 valence electrons. The molecule has 2 heterocycles. The van der Waals surface area contributed by atoms with E-state index in [-0.39, 0.29) is 18.3 Å². The SMILES string of the molecule is CC1(C)OB(C=Cc2ccc(CN3CCOCC3)cc2)OC1(C)C. The number of hydrogen-bond acceptors (Lipinski definition) is 4. The fraction of sp³-hybridized carbons (Fsp3) is 0.579. The van der Waals surface area contributed by atoms with Crippen LogP contribution in [0.3, 0.4) is 0 Å². The van der Waals surface area contributed by atoms with Crippen molar-refractivity contribution in [3.63, 3.8) is 0 Å². The number of rotatable bonds is 4. The number of ether oxygens (including phenoxy) is 1. The van der Waals surface area contributed by atoms with Crippen LogP contribution < -0.4 is 0 Å². The van der Waals surface area contributed by atoms with Crippen LogP contribution >= 0.6 is 0 Å². The van der Waals surface area contributed by atoms with Crippen molar-refractivity contribution >= 4 is 13.2 Å². The Labute approximate surface area is 145 Å². The zero-order valence-corrected chi connectivity index (χ0v) is 15.2. The Bertz CT molecular complexity index is 561. The number of morpholine rings is 1. The van der Waals surface area contributed by atoms with Gasteiger partial charge in [0.05, 0.1) is 24.4 Å². The summed E-state index contributed by atoms with van der Waals surface area (Å²) in [7, 11) is -0.289. The Hall–Kier alpha value is -1.14. The Kier molecular flexibility index (Phi) is 5.16. The van der Waals surface area contributed by atoms with Crippen molar-refractivity contribution < 1.29 is 14.0 Å². The van der Waals surface area contributed by atoms with E-state index in [2.05, 4.69) is 62.9 Å². The minimum absolute atomic E-state index is 0.288. The fourth-order valence-corrected chi connectivity index (χ4v) is 2.91. The molecule has 0 aliphatic carbocycles. The third kappa shape index (κ3) is 4.09. The third-order valence-electron chi connectivity index (χ3n) is 5.21. The lowest BCUT2D eigenvalue weighted by atomic mass is 9.89. The highest BCUT2D eigenvalue weighted by Gasteiger charge is 2.49. The average molecular weight is 329 g/mol. The number of nitrogens with zero attached hydrogens (tertiary/aromatic N) is 1. The summed E-state index contributed by atoms with van der Waals surface area (Å²) in [6.07, 6.45) is 2.07. The molecule has 24 heavy (non-hydrogen) atoms. The van der Waals surface area contributed by atoms with Crippen molar-refractivity contribution in [2.75, 3.05) is 26.3 Å². The van der Waals surface area contributed by atoms with Gasteiger partial charge in [0.15, 0.2) is 0 Å². The molecule has 2 aliphatic heterocycles. The highest BCUT2D eigenvalue weighted by atomic mass is 16.7. The van der Waals surface area contributed by atoms with Gasteiger partial charge < -0.3 is 14.0 Å². The largest absolute Gasteiger partial charge is 0.487 e. The molecule has 0 radical (unpaired) electrons. The van der Waals surface area contributed by atoms with Gasteiger partial charge in [-0.05, 0) is 38.8 Å². The molecule has 0 bridgehead atoms. The van der Waals surface area contributed by atoms with Gasteiger partial charge in [0.1, 0.15) is 0 Å². The molecule has 0 unspecified atom stereocenters. The molecule has 0 saturated carbocycles. The Morgan fingerprint density at radius 3 is 2.17 bits per heavy atom. The highest BCUT2D eigenvalue weighted by molar-refractivity contribution is 6.52. The molecule has 0 aromatic heterocycles. The van der Waals surface area contributed by atoms with Gasteiger partial charge in [-0.15, -0.1) is 0 Å². The molecular formula is C19H28BNO3. The van der Waals surface area contributed by atoms with Crippen molar-refractivity contribution in [2.24, 2.45) is 0 Å². The van der Waals surface area contributed by atoms with Gasteiger partial charge in [0.25, 0.3) is 0 Å². The van der Waals surface area contributed by atoms with E-state index in [1.807, 2.05) is 5.98 Å². The van der Waals surface area contributed by atoms with Crippen LogP contribution in [0.1, 0.15) is 38.8 Å². The zero-order valence-electron chi connectivity index (χ0n) is 15.2. The van der Waals surface area contributed by atoms with Crippen LogP contribution in [0.4, 0.5) is 0 Å². The summed E-state index contributed by atoms with van der Waals surface area (Å²) >= 11 is 0. The van der Waals surface area contributed by atoms with E-state index in [4.69, 9.17) is 14.0 Å². The summed E-state index contributed by atoms with van der Waals surface area (Å²) in [5.41, 5.74) is 1.92. The van der Waals surface area contributed by atoms with Gasteiger partial charge in [0.2, 0.25) is 0 Å². The number of hydrogen-bond donors (Lipinski definition) is 0. The predicted molar refractivity (Wildman–Crippen MR) is 97.7 cm³/mol. The monoisotopic (exact) mass is 329 g/mol. The second-order valence-electron chi connectivity index (χ2n) is 7.61. The summed E-state index contributed by atoms with van der Waals surface area (Å²) in [5, 5.41) is 0. The Morgan fingerprint density at radius 1 is 1.00 bits per heavy atom. The van der Waals surface area contributed by atoms with Crippen molar-refractivity contribution in [3.8, 4) is 0 Å². The van der Waals surface area contributed by atoms with Crippen LogP contribution in [0, 0.1) is 0 Å². The lowest BCUT2D eigenvalue weighted by Gasteiger charge is -2.32. The van der Waals surface area contributed by atoms with Crippen molar-refractivity contribution in [2.45, 2.75) is 45.4 Å². The van der Waals surface area contributed by atoms with Crippen molar-refractivity contribution in [3.05, 3.63) is 41.4 Å². The normalized spacial score (nSPS) is 23.9. The topological polar surface area (TPSA) is 30.9 Å². The minimum Gasteiger partial charge on any atom is -0.400 e. The molecule has 2 aliphatic rings. The van der Waals surface area contributed by atoms with Gasteiger partial charge in [0, 0.05) is 19.6 Å². The molecule has 4 nitrogen and oxygen atoms in total. The van der Waals surface area contributed by atoms with Crippen LogP contribution in [0.5, 0.6) is 0 Å². The first-order valence-corrected chi connectivity index (χ1v) is 8.79. The van der Waals surface area contributed by atoms with E-state index in [1.54, 1.807) is 0 Å². The van der Waals surface area contributed by atoms with Gasteiger partial charge in [-0.1, -0.05) is 36.3 Å². The lowest BCUT2D eigenvalue weighted by molar-refractivity contribution is 0.00578. The van der Waals surface area contributed by atoms with E-state index in [0.717, 1.165) is 38.4 Å². The predicted octanol–water partition coefficient (Wildman–Crippen LogP) is 3.16. The average Bonchev–Trinajstić information content (AvgIpc) is 2.75. The first-order chi connectivity index (χ1) is 11.4. The van der Waals surface area contributed by atoms with E-state index < -0.39 is 0 Å². The second-order valence-corrected chi connectivity index (χ2v) is 7.61. The van der Waals surface area contributed by atoms with Crippen LogP contribution in [-0.4, -0.2) is 49.5 Å². The molecule has 0 spiro atoms. The smallest absolute Gasteiger partial charge is 0.400 e. The van der Waals surface area contributed by atoms with Crippen LogP contribution in [0.2, 0.25) is 0 Å². The molecule has 0 amide bonds. The first-order valence-electron chi connectivity index (χ1n) is 8.79. The maximum absolute atomic E-state index is 5.98. The van der Waals surface area contributed by atoms with Gasteiger partial charge in [-0.3, -0.25) is 4.90 Å². The first kappa shape index (κ1) is 17.7. The standard InChI is InChI=1S/C19H28BNO3/c1-18(2)19(3,4)24-20(23-18)10-9-16-5-7-17(8-6-16)15-21-11-13-22-14-12-21/h5-10H,11-15H2,1-4H3. The molecule has 2 saturated heterocycles. The highest BCUT2D eigenvalue weighted by Crippen LogP contribution is 2.37. The maximum atomic E-state index is 5.98. The Morgan fingerprint density at radius 2 is 1.58 bits per heavy atom. The van der Waals surface area contributed by atoms with E-state index >= 15 is 0 Å². The summed E-state index contributed by atoms with van der Waals surface area (Å²) in [6.45, 7) is 13.0. The Balaban J connectivity index is 1.56. The maximum Gasteiger partial charge on any atom is 0.487 e. The van der Waals surface area contributed by atoms with Gasteiger partial charge >= 0.3 is 7.12 Å². The van der Waals surface area contributed by atoms with Gasteiger partial charge in [-0.2, -0.15) is 0 Å². The van der Waals surface area contributed by atoms with Gasteiger partial charge in [-0.25, -0.2) is 0 Å². The van der Waals surface area contributed by atoms with Crippen LogP contribution in [0.15, 0.2) is 30.2 Å². The molecule has 0 atom stereocenters. The molecule has 5 heteroatoms. The van der Waals surface area contributed by atoms with Crippen molar-refractivity contribution in [1.82, 2.24) is 4.90 Å². The molecule has 0 N–H and O–H groups in total. The minimum atomic E-state index is -0.289. The fourth-order valence-electron chi connectivity index (χ4n) is 2.91.